The molecule has 3 amide bonds. The zero-order valence-electron chi connectivity index (χ0n) is 13.6. The van der Waals surface area contributed by atoms with Crippen LogP contribution in [-0.4, -0.2) is 56.2 Å². The van der Waals surface area contributed by atoms with Gasteiger partial charge in [-0.2, -0.15) is 0 Å². The van der Waals surface area contributed by atoms with Gasteiger partial charge in [-0.15, -0.1) is 0 Å². The van der Waals surface area contributed by atoms with E-state index in [0.717, 1.165) is 12.8 Å². The first-order valence-corrected chi connectivity index (χ1v) is 8.50. The molecule has 2 fully saturated rings. The summed E-state index contributed by atoms with van der Waals surface area (Å²) >= 11 is 0. The Hall–Kier alpha value is -1.30. The van der Waals surface area contributed by atoms with Crippen molar-refractivity contribution in [2.24, 2.45) is 5.92 Å². The minimum Gasteiger partial charge on any atom is -0.383 e. The molecule has 0 aromatic rings. The second kappa shape index (κ2) is 8.98. The number of methoxy groups -OCH3 is 1. The van der Waals surface area contributed by atoms with Gasteiger partial charge in [-0.1, -0.05) is 12.8 Å². The highest BCUT2D eigenvalue weighted by molar-refractivity contribution is 5.77. The molecular weight excluding hydrogens is 282 g/mol. The molecule has 1 saturated heterocycles. The van der Waals surface area contributed by atoms with Gasteiger partial charge in [0.15, 0.2) is 0 Å². The minimum atomic E-state index is -0.0345. The highest BCUT2D eigenvalue weighted by Crippen LogP contribution is 2.27. The minimum absolute atomic E-state index is 0.0345. The summed E-state index contributed by atoms with van der Waals surface area (Å²) in [6, 6.07) is 0.185. The van der Waals surface area contributed by atoms with E-state index >= 15 is 0 Å². The van der Waals surface area contributed by atoms with Crippen molar-refractivity contribution in [3.8, 4) is 0 Å². The van der Waals surface area contributed by atoms with Crippen LogP contribution < -0.4 is 10.6 Å². The number of carbonyl (C=O) groups excluding carboxylic acids is 2. The quantitative estimate of drug-likeness (QED) is 0.730. The van der Waals surface area contributed by atoms with Gasteiger partial charge in [0.2, 0.25) is 5.91 Å². The first-order chi connectivity index (χ1) is 10.7. The van der Waals surface area contributed by atoms with E-state index in [-0.39, 0.29) is 18.0 Å². The number of amides is 3. The van der Waals surface area contributed by atoms with E-state index < -0.39 is 0 Å². The van der Waals surface area contributed by atoms with Gasteiger partial charge in [0, 0.05) is 39.2 Å². The molecule has 0 aromatic carbocycles. The van der Waals surface area contributed by atoms with Crippen molar-refractivity contribution in [1.82, 2.24) is 15.5 Å². The Bertz CT molecular complexity index is 362. The fourth-order valence-corrected chi connectivity index (χ4v) is 3.36. The van der Waals surface area contributed by atoms with E-state index in [1.165, 1.54) is 25.7 Å². The van der Waals surface area contributed by atoms with Gasteiger partial charge in [-0.25, -0.2) is 4.79 Å². The average molecular weight is 311 g/mol. The van der Waals surface area contributed by atoms with Crippen LogP contribution in [0.4, 0.5) is 4.79 Å². The second-order valence-corrected chi connectivity index (χ2v) is 6.41. The molecule has 1 saturated carbocycles. The number of likely N-dealkylation sites (tertiary alicyclic amines) is 1. The maximum Gasteiger partial charge on any atom is 0.317 e. The number of ether oxygens (including phenoxy) is 1. The van der Waals surface area contributed by atoms with E-state index in [9.17, 15) is 9.59 Å². The Labute approximate surface area is 132 Å². The van der Waals surface area contributed by atoms with Crippen LogP contribution >= 0.6 is 0 Å². The molecule has 2 N–H and O–H groups in total. The molecular formula is C16H29N3O3. The predicted molar refractivity (Wildman–Crippen MR) is 84.6 cm³/mol. The number of hydrogen-bond donors (Lipinski definition) is 2. The van der Waals surface area contributed by atoms with Gasteiger partial charge < -0.3 is 20.3 Å². The average Bonchev–Trinajstić information content (AvgIpc) is 3.01. The second-order valence-electron chi connectivity index (χ2n) is 6.41. The molecule has 22 heavy (non-hydrogen) atoms. The summed E-state index contributed by atoms with van der Waals surface area (Å²) in [5, 5.41) is 5.97. The van der Waals surface area contributed by atoms with E-state index in [1.54, 1.807) is 7.11 Å². The Kier molecular flexibility index (Phi) is 6.96. The number of piperidine rings is 1. The van der Waals surface area contributed by atoms with Gasteiger partial charge in [-0.05, 0) is 31.6 Å². The fraction of sp³-hybridized carbons (Fsp3) is 0.875. The molecule has 0 atom stereocenters. The lowest BCUT2D eigenvalue weighted by Gasteiger charge is -2.32. The van der Waals surface area contributed by atoms with Crippen molar-refractivity contribution < 1.29 is 14.3 Å². The third-order valence-corrected chi connectivity index (χ3v) is 4.68. The summed E-state index contributed by atoms with van der Waals surface area (Å²) in [7, 11) is 1.62. The standard InChI is InChI=1S/C16H29N3O3/c1-22-11-8-17-16(21)19-9-6-14(7-10-19)18-15(20)12-13-4-2-3-5-13/h13-14H,2-12H2,1H3,(H,17,21)(H,18,20). The third kappa shape index (κ3) is 5.48. The van der Waals surface area contributed by atoms with Gasteiger partial charge in [0.05, 0.1) is 6.61 Å². The summed E-state index contributed by atoms with van der Waals surface area (Å²) in [6.07, 6.45) is 7.31. The maximum atomic E-state index is 12.0. The van der Waals surface area contributed by atoms with E-state index in [4.69, 9.17) is 4.74 Å². The zero-order valence-corrected chi connectivity index (χ0v) is 13.6. The largest absolute Gasteiger partial charge is 0.383 e. The smallest absolute Gasteiger partial charge is 0.317 e. The fourth-order valence-electron chi connectivity index (χ4n) is 3.36. The highest BCUT2D eigenvalue weighted by Gasteiger charge is 2.25. The number of urea groups is 1. The summed E-state index contributed by atoms with van der Waals surface area (Å²) in [5.41, 5.74) is 0. The molecule has 0 bridgehead atoms. The molecule has 0 aromatic heterocycles. The molecule has 126 valence electrons. The lowest BCUT2D eigenvalue weighted by Crippen LogP contribution is -2.50. The molecule has 6 nitrogen and oxygen atoms in total. The first-order valence-electron chi connectivity index (χ1n) is 8.50. The van der Waals surface area contributed by atoms with Crippen LogP contribution in [0.1, 0.15) is 44.9 Å². The predicted octanol–water partition coefficient (Wildman–Crippen LogP) is 1.50. The first kappa shape index (κ1) is 17.1. The zero-order chi connectivity index (χ0) is 15.8. The van der Waals surface area contributed by atoms with E-state index in [2.05, 4.69) is 10.6 Å². The number of rotatable bonds is 6. The van der Waals surface area contributed by atoms with Crippen molar-refractivity contribution in [3.63, 3.8) is 0 Å². The number of carbonyl (C=O) groups is 2. The Morgan fingerprint density at radius 3 is 2.45 bits per heavy atom. The van der Waals surface area contributed by atoms with Crippen molar-refractivity contribution >= 4 is 11.9 Å². The summed E-state index contributed by atoms with van der Waals surface area (Å²) in [4.78, 5) is 25.8. The van der Waals surface area contributed by atoms with Crippen molar-refractivity contribution in [2.45, 2.75) is 51.0 Å². The van der Waals surface area contributed by atoms with Crippen LogP contribution in [-0.2, 0) is 9.53 Å². The normalized spacial score (nSPS) is 20.1. The van der Waals surface area contributed by atoms with Crippen LogP contribution in [0.15, 0.2) is 0 Å². The van der Waals surface area contributed by atoms with Crippen molar-refractivity contribution in [3.05, 3.63) is 0 Å². The number of hydrogen-bond acceptors (Lipinski definition) is 3. The summed E-state index contributed by atoms with van der Waals surface area (Å²) in [5.74, 6) is 0.779. The topological polar surface area (TPSA) is 70.7 Å². The van der Waals surface area contributed by atoms with Gasteiger partial charge >= 0.3 is 6.03 Å². The third-order valence-electron chi connectivity index (χ3n) is 4.68. The van der Waals surface area contributed by atoms with Crippen molar-refractivity contribution in [1.29, 1.82) is 0 Å². The van der Waals surface area contributed by atoms with Gasteiger partial charge in [0.1, 0.15) is 0 Å². The molecule has 1 heterocycles. The van der Waals surface area contributed by atoms with E-state index in [1.807, 2.05) is 4.90 Å². The molecule has 2 rings (SSSR count). The van der Waals surface area contributed by atoms with Crippen LogP contribution in [0.25, 0.3) is 0 Å². The summed E-state index contributed by atoms with van der Waals surface area (Å²) < 4.78 is 4.91. The molecule has 2 aliphatic rings. The number of nitrogens with zero attached hydrogens (tertiary/aromatic N) is 1. The molecule has 0 unspecified atom stereocenters. The molecule has 6 heteroatoms. The summed E-state index contributed by atoms with van der Waals surface area (Å²) in [6.45, 7) is 2.47. The molecule has 1 aliphatic carbocycles. The Morgan fingerprint density at radius 1 is 1.14 bits per heavy atom. The molecule has 0 spiro atoms. The van der Waals surface area contributed by atoms with Crippen LogP contribution in [0, 0.1) is 5.92 Å². The maximum absolute atomic E-state index is 12.0. The number of nitrogens with one attached hydrogen (secondary N) is 2. The van der Waals surface area contributed by atoms with Crippen LogP contribution in [0.5, 0.6) is 0 Å². The lowest BCUT2D eigenvalue weighted by molar-refractivity contribution is -0.122. The van der Waals surface area contributed by atoms with Crippen LogP contribution in [0.2, 0.25) is 0 Å². The van der Waals surface area contributed by atoms with Gasteiger partial charge in [0.25, 0.3) is 0 Å². The van der Waals surface area contributed by atoms with E-state index in [0.29, 0.717) is 38.6 Å². The Morgan fingerprint density at radius 2 is 1.82 bits per heavy atom. The highest BCUT2D eigenvalue weighted by atomic mass is 16.5. The molecule has 1 aliphatic heterocycles. The molecule has 0 radical (unpaired) electrons. The SMILES string of the molecule is COCCNC(=O)N1CCC(NC(=O)CC2CCCC2)CC1. The lowest BCUT2D eigenvalue weighted by atomic mass is 10.0. The monoisotopic (exact) mass is 311 g/mol. The van der Waals surface area contributed by atoms with Crippen molar-refractivity contribution in [2.75, 3.05) is 33.4 Å². The van der Waals surface area contributed by atoms with Gasteiger partial charge in [-0.3, -0.25) is 4.79 Å². The Balaban J connectivity index is 1.61. The van der Waals surface area contributed by atoms with Crippen LogP contribution in [0.3, 0.4) is 0 Å².